The third-order valence-corrected chi connectivity index (χ3v) is 5.46. The van der Waals surface area contributed by atoms with Crippen LogP contribution in [0, 0.1) is 11.8 Å². The van der Waals surface area contributed by atoms with Gasteiger partial charge in [-0.15, -0.1) is 11.3 Å². The summed E-state index contributed by atoms with van der Waals surface area (Å²) in [6.07, 6.45) is 6.50. The molecule has 2 atom stereocenters. The summed E-state index contributed by atoms with van der Waals surface area (Å²) in [5.41, 5.74) is -0.411. The largest absolute Gasteiger partial charge is 0.389 e. The van der Waals surface area contributed by atoms with Crippen LogP contribution in [0.1, 0.15) is 32.6 Å². The first-order chi connectivity index (χ1) is 8.20. The molecule has 1 saturated carbocycles. The molecule has 1 aromatic rings. The Kier molecular flexibility index (Phi) is 2.87. The maximum Gasteiger partial charge on any atom is 0.185 e. The molecule has 0 aromatic carbocycles. The summed E-state index contributed by atoms with van der Waals surface area (Å²) in [5.74, 6) is 0.904. The minimum atomic E-state index is -0.411. The van der Waals surface area contributed by atoms with Crippen LogP contribution in [-0.2, 0) is 0 Å². The normalized spacial score (nSPS) is 34.7. The predicted octanol–water partition coefficient (Wildman–Crippen LogP) is 2.52. The SMILES string of the molecule is C[C@@H]1CN(c2nccs2)CC[C@@]1(O)C1CCC1. The van der Waals surface area contributed by atoms with E-state index >= 15 is 0 Å². The number of thiazole rings is 1. The smallest absolute Gasteiger partial charge is 0.185 e. The second-order valence-electron chi connectivity index (χ2n) is 5.53. The molecule has 2 heterocycles. The van der Waals surface area contributed by atoms with Crippen LogP contribution < -0.4 is 4.90 Å². The highest BCUT2D eigenvalue weighted by molar-refractivity contribution is 7.13. The van der Waals surface area contributed by atoms with Gasteiger partial charge < -0.3 is 10.0 Å². The highest BCUT2D eigenvalue weighted by Gasteiger charge is 2.47. The monoisotopic (exact) mass is 252 g/mol. The summed E-state index contributed by atoms with van der Waals surface area (Å²) in [6.45, 7) is 4.09. The third-order valence-electron chi connectivity index (χ3n) is 4.63. The van der Waals surface area contributed by atoms with Gasteiger partial charge in [0, 0.05) is 30.6 Å². The van der Waals surface area contributed by atoms with Crippen LogP contribution in [0.5, 0.6) is 0 Å². The lowest BCUT2D eigenvalue weighted by Crippen LogP contribution is -2.56. The zero-order valence-corrected chi connectivity index (χ0v) is 11.1. The van der Waals surface area contributed by atoms with Gasteiger partial charge in [-0.3, -0.25) is 0 Å². The average Bonchev–Trinajstić information content (AvgIpc) is 2.73. The molecular formula is C13H20N2OS. The Morgan fingerprint density at radius 3 is 2.88 bits per heavy atom. The fourth-order valence-corrected chi connectivity index (χ4v) is 3.88. The second-order valence-corrected chi connectivity index (χ2v) is 6.40. The van der Waals surface area contributed by atoms with E-state index < -0.39 is 5.60 Å². The van der Waals surface area contributed by atoms with E-state index in [1.54, 1.807) is 11.3 Å². The van der Waals surface area contributed by atoms with Crippen LogP contribution in [0.15, 0.2) is 11.6 Å². The number of piperidine rings is 1. The Bertz CT molecular complexity index is 377. The molecule has 0 amide bonds. The van der Waals surface area contributed by atoms with Gasteiger partial charge in [-0.25, -0.2) is 4.98 Å². The van der Waals surface area contributed by atoms with Crippen molar-refractivity contribution < 1.29 is 5.11 Å². The maximum atomic E-state index is 10.8. The van der Waals surface area contributed by atoms with Gasteiger partial charge in [0.1, 0.15) is 0 Å². The fourth-order valence-electron chi connectivity index (χ4n) is 3.20. The first-order valence-electron chi connectivity index (χ1n) is 6.57. The van der Waals surface area contributed by atoms with Gasteiger partial charge in [0.25, 0.3) is 0 Å². The number of aromatic nitrogens is 1. The Morgan fingerprint density at radius 1 is 1.53 bits per heavy atom. The van der Waals surface area contributed by atoms with Gasteiger partial charge in [-0.2, -0.15) is 0 Å². The molecule has 17 heavy (non-hydrogen) atoms. The van der Waals surface area contributed by atoms with Gasteiger partial charge in [0.05, 0.1) is 5.60 Å². The summed E-state index contributed by atoms with van der Waals surface area (Å²) in [6, 6.07) is 0. The van der Waals surface area contributed by atoms with Crippen LogP contribution in [-0.4, -0.2) is 28.8 Å². The van der Waals surface area contributed by atoms with Crippen molar-refractivity contribution in [3.8, 4) is 0 Å². The van der Waals surface area contributed by atoms with Crippen molar-refractivity contribution in [3.05, 3.63) is 11.6 Å². The summed E-state index contributed by atoms with van der Waals surface area (Å²) >= 11 is 1.69. The number of aliphatic hydroxyl groups is 1. The van der Waals surface area contributed by atoms with Crippen molar-refractivity contribution >= 4 is 16.5 Å². The summed E-state index contributed by atoms with van der Waals surface area (Å²) < 4.78 is 0. The van der Waals surface area contributed by atoms with Gasteiger partial charge >= 0.3 is 0 Å². The van der Waals surface area contributed by atoms with Crippen molar-refractivity contribution in [2.45, 2.75) is 38.2 Å². The summed E-state index contributed by atoms with van der Waals surface area (Å²) in [7, 11) is 0. The van der Waals surface area contributed by atoms with E-state index in [0.29, 0.717) is 11.8 Å². The van der Waals surface area contributed by atoms with Crippen LogP contribution >= 0.6 is 11.3 Å². The molecule has 3 nitrogen and oxygen atoms in total. The van der Waals surface area contributed by atoms with E-state index in [0.717, 1.165) is 24.6 Å². The standard InChI is InChI=1S/C13H20N2OS/c1-10-9-15(12-14-6-8-17-12)7-5-13(10,16)11-3-2-4-11/h6,8,10-11,16H,2-5,7,9H2,1H3/t10-,13+/m1/s1. The fraction of sp³-hybridized carbons (Fsp3) is 0.769. The molecule has 2 aliphatic rings. The first-order valence-corrected chi connectivity index (χ1v) is 7.45. The van der Waals surface area contributed by atoms with E-state index in [2.05, 4.69) is 16.8 Å². The molecule has 1 saturated heterocycles. The summed E-state index contributed by atoms with van der Waals surface area (Å²) in [5, 5.41) is 14.0. The van der Waals surface area contributed by atoms with Crippen molar-refractivity contribution in [3.63, 3.8) is 0 Å². The minimum absolute atomic E-state index is 0.352. The van der Waals surface area contributed by atoms with E-state index in [-0.39, 0.29) is 0 Å². The maximum absolute atomic E-state index is 10.8. The number of rotatable bonds is 2. The Morgan fingerprint density at radius 2 is 2.35 bits per heavy atom. The van der Waals surface area contributed by atoms with Gasteiger partial charge in [0.15, 0.2) is 5.13 Å². The number of nitrogens with zero attached hydrogens (tertiary/aromatic N) is 2. The zero-order chi connectivity index (χ0) is 11.9. The molecule has 2 fully saturated rings. The van der Waals surface area contributed by atoms with Crippen molar-refractivity contribution in [2.24, 2.45) is 11.8 Å². The zero-order valence-electron chi connectivity index (χ0n) is 10.3. The molecule has 4 heteroatoms. The summed E-state index contributed by atoms with van der Waals surface area (Å²) in [4.78, 5) is 6.69. The topological polar surface area (TPSA) is 36.4 Å². The Balaban J connectivity index is 1.71. The van der Waals surface area contributed by atoms with E-state index in [4.69, 9.17) is 0 Å². The van der Waals surface area contributed by atoms with Crippen molar-refractivity contribution in [1.29, 1.82) is 0 Å². The van der Waals surface area contributed by atoms with Crippen molar-refractivity contribution in [2.75, 3.05) is 18.0 Å². The molecule has 1 aliphatic heterocycles. The molecule has 1 aromatic heterocycles. The predicted molar refractivity (Wildman–Crippen MR) is 70.4 cm³/mol. The van der Waals surface area contributed by atoms with Crippen LogP contribution in [0.4, 0.5) is 5.13 Å². The number of hydrogen-bond donors (Lipinski definition) is 1. The van der Waals surface area contributed by atoms with Gasteiger partial charge in [-0.1, -0.05) is 13.3 Å². The van der Waals surface area contributed by atoms with E-state index in [1.165, 1.54) is 19.3 Å². The lowest BCUT2D eigenvalue weighted by atomic mass is 9.65. The molecular weight excluding hydrogens is 232 g/mol. The molecule has 1 N–H and O–H groups in total. The quantitative estimate of drug-likeness (QED) is 0.878. The average molecular weight is 252 g/mol. The molecule has 0 bridgehead atoms. The lowest BCUT2D eigenvalue weighted by Gasteiger charge is -2.50. The molecule has 0 spiro atoms. The van der Waals surface area contributed by atoms with E-state index in [1.807, 2.05) is 11.6 Å². The first kappa shape index (κ1) is 11.5. The molecule has 1 aliphatic carbocycles. The second kappa shape index (κ2) is 4.25. The molecule has 3 rings (SSSR count). The van der Waals surface area contributed by atoms with Crippen LogP contribution in [0.25, 0.3) is 0 Å². The highest BCUT2D eigenvalue weighted by atomic mass is 32.1. The molecule has 0 unspecified atom stereocenters. The minimum Gasteiger partial charge on any atom is -0.389 e. The van der Waals surface area contributed by atoms with Crippen LogP contribution in [0.3, 0.4) is 0 Å². The third kappa shape index (κ3) is 1.87. The Hall–Kier alpha value is -0.610. The van der Waals surface area contributed by atoms with Gasteiger partial charge in [-0.05, 0) is 25.2 Å². The lowest BCUT2D eigenvalue weighted by molar-refractivity contribution is -0.102. The molecule has 0 radical (unpaired) electrons. The number of anilines is 1. The highest BCUT2D eigenvalue weighted by Crippen LogP contribution is 2.45. The molecule has 94 valence electrons. The van der Waals surface area contributed by atoms with Crippen molar-refractivity contribution in [1.82, 2.24) is 4.98 Å². The number of hydrogen-bond acceptors (Lipinski definition) is 4. The van der Waals surface area contributed by atoms with Gasteiger partial charge in [0.2, 0.25) is 0 Å². The van der Waals surface area contributed by atoms with Crippen LogP contribution in [0.2, 0.25) is 0 Å². The van der Waals surface area contributed by atoms with E-state index in [9.17, 15) is 5.11 Å². The Labute approximate surface area is 106 Å².